The van der Waals surface area contributed by atoms with Crippen molar-refractivity contribution in [2.24, 2.45) is 5.92 Å². The van der Waals surface area contributed by atoms with Crippen molar-refractivity contribution in [2.45, 2.75) is 81.2 Å². The molecule has 10 heteroatoms. The van der Waals surface area contributed by atoms with Gasteiger partial charge in [-0.1, -0.05) is 62.4 Å². The van der Waals surface area contributed by atoms with E-state index >= 15 is 0 Å². The van der Waals surface area contributed by atoms with Crippen LogP contribution < -0.4 is 10.6 Å². The largest absolute Gasteiger partial charge is 0.352 e. The predicted molar refractivity (Wildman–Crippen MR) is 164 cm³/mol. The van der Waals surface area contributed by atoms with Crippen LogP contribution >= 0.6 is 11.3 Å². The Morgan fingerprint density at radius 3 is 2.52 bits per heavy atom. The molecular formula is C32H38N4O4S2. The van der Waals surface area contributed by atoms with Crippen molar-refractivity contribution in [3.05, 3.63) is 65.0 Å². The number of hydrogen-bond donors (Lipinski definition) is 2. The quantitative estimate of drug-likeness (QED) is 0.350. The molecule has 2 heterocycles. The minimum Gasteiger partial charge on any atom is -0.352 e. The first-order chi connectivity index (χ1) is 20.3. The van der Waals surface area contributed by atoms with E-state index in [0.717, 1.165) is 40.6 Å². The van der Waals surface area contributed by atoms with E-state index in [1.54, 1.807) is 23.5 Å². The van der Waals surface area contributed by atoms with Gasteiger partial charge in [0.05, 0.1) is 16.9 Å². The highest BCUT2D eigenvalue weighted by molar-refractivity contribution is 7.89. The van der Waals surface area contributed by atoms with Gasteiger partial charge in [0.15, 0.2) is 0 Å². The predicted octanol–water partition coefficient (Wildman–Crippen LogP) is 5.13. The number of sulfonamides is 1. The lowest BCUT2D eigenvalue weighted by molar-refractivity contribution is -0.129. The maximum Gasteiger partial charge on any atom is 0.244 e. The summed E-state index contributed by atoms with van der Waals surface area (Å²) >= 11 is 1.60. The number of carbonyl (C=O) groups is 2. The molecule has 2 N–H and O–H groups in total. The molecule has 1 aromatic heterocycles. The molecule has 1 saturated heterocycles. The van der Waals surface area contributed by atoms with E-state index in [0.29, 0.717) is 38.1 Å². The molecule has 222 valence electrons. The van der Waals surface area contributed by atoms with Gasteiger partial charge in [0.2, 0.25) is 21.8 Å². The Morgan fingerprint density at radius 2 is 1.74 bits per heavy atom. The van der Waals surface area contributed by atoms with Crippen LogP contribution in [0.25, 0.3) is 10.1 Å². The third-order valence-corrected chi connectivity index (χ3v) is 11.5. The molecule has 2 amide bonds. The summed E-state index contributed by atoms with van der Waals surface area (Å²) in [6.07, 6.45) is 8.18. The van der Waals surface area contributed by atoms with Gasteiger partial charge in [-0.3, -0.25) is 9.59 Å². The van der Waals surface area contributed by atoms with E-state index in [9.17, 15) is 23.3 Å². The average Bonchev–Trinajstić information content (AvgIpc) is 3.25. The minimum absolute atomic E-state index is 0.0175. The zero-order valence-electron chi connectivity index (χ0n) is 23.8. The molecule has 42 heavy (non-hydrogen) atoms. The van der Waals surface area contributed by atoms with Gasteiger partial charge in [0.1, 0.15) is 12.1 Å². The lowest BCUT2D eigenvalue weighted by atomic mass is 9.84. The van der Waals surface area contributed by atoms with Crippen molar-refractivity contribution in [1.82, 2.24) is 14.9 Å². The van der Waals surface area contributed by atoms with Crippen molar-refractivity contribution in [3.8, 4) is 6.07 Å². The van der Waals surface area contributed by atoms with Gasteiger partial charge in [0.25, 0.3) is 0 Å². The van der Waals surface area contributed by atoms with Gasteiger partial charge < -0.3 is 10.6 Å². The van der Waals surface area contributed by atoms with Crippen LogP contribution in [0.4, 0.5) is 0 Å². The van der Waals surface area contributed by atoms with Crippen LogP contribution in [0.2, 0.25) is 0 Å². The molecule has 1 aliphatic heterocycles. The number of benzene rings is 2. The highest BCUT2D eigenvalue weighted by atomic mass is 32.2. The second kappa shape index (κ2) is 13.8. The Balaban J connectivity index is 1.23. The van der Waals surface area contributed by atoms with Crippen molar-refractivity contribution >= 4 is 43.3 Å². The number of nitrogens with one attached hydrogen (secondary N) is 2. The Kier molecular flexibility index (Phi) is 9.93. The fourth-order valence-corrected chi connectivity index (χ4v) is 8.89. The monoisotopic (exact) mass is 606 g/mol. The Hall–Kier alpha value is -3.26. The number of amides is 2. The van der Waals surface area contributed by atoms with Gasteiger partial charge in [-0.2, -0.15) is 9.57 Å². The van der Waals surface area contributed by atoms with Crippen LogP contribution in [0.1, 0.15) is 68.2 Å². The van der Waals surface area contributed by atoms with E-state index in [-0.39, 0.29) is 41.3 Å². The summed E-state index contributed by atoms with van der Waals surface area (Å²) in [6, 6.07) is 17.5. The number of nitrogens with zero attached hydrogens (tertiary/aromatic N) is 2. The van der Waals surface area contributed by atoms with Gasteiger partial charge in [-0.05, 0) is 61.3 Å². The van der Waals surface area contributed by atoms with Gasteiger partial charge in [-0.25, -0.2) is 8.42 Å². The van der Waals surface area contributed by atoms with E-state index in [4.69, 9.17) is 0 Å². The molecule has 8 nitrogen and oxygen atoms in total. The normalized spacial score (nSPS) is 19.5. The standard InChI is InChI=1S/C32H38N4O4S2/c33-22-25-12-5-7-15-30(25)42(39,40)36-17-8-13-26(16-18-36)34-32(38)28(19-23-9-2-1-3-10-23)35-31(37)21-27-20-24-11-4-6-14-29(24)41-27/h4-7,11-12,14-15,20,23,26,28H,1-3,8-10,13,16-19,21H2,(H,34,38)(H,35,37)/t26?,28-/m0/s1. The third kappa shape index (κ3) is 7.38. The number of hydrogen-bond acceptors (Lipinski definition) is 6. The van der Waals surface area contributed by atoms with Crippen LogP contribution in [0.5, 0.6) is 0 Å². The second-order valence-electron chi connectivity index (χ2n) is 11.4. The number of rotatable bonds is 9. The summed E-state index contributed by atoms with van der Waals surface area (Å²) in [7, 11) is -3.83. The molecule has 2 fully saturated rings. The molecule has 5 rings (SSSR count). The zero-order valence-corrected chi connectivity index (χ0v) is 25.4. The summed E-state index contributed by atoms with van der Waals surface area (Å²) in [5.41, 5.74) is 0.128. The van der Waals surface area contributed by atoms with Crippen LogP contribution in [0.15, 0.2) is 59.5 Å². The molecular weight excluding hydrogens is 569 g/mol. The lowest BCUT2D eigenvalue weighted by Gasteiger charge is -2.28. The van der Waals surface area contributed by atoms with Gasteiger partial charge >= 0.3 is 0 Å². The third-order valence-electron chi connectivity index (χ3n) is 8.42. The maximum absolute atomic E-state index is 13.6. The Bertz CT molecular complexity index is 1520. The van der Waals surface area contributed by atoms with Crippen molar-refractivity contribution in [1.29, 1.82) is 5.26 Å². The molecule has 2 atom stereocenters. The van der Waals surface area contributed by atoms with Gasteiger partial charge in [0, 0.05) is 28.7 Å². The molecule has 1 aliphatic carbocycles. The van der Waals surface area contributed by atoms with Gasteiger partial charge in [-0.15, -0.1) is 11.3 Å². The van der Waals surface area contributed by atoms with Crippen LogP contribution in [-0.4, -0.2) is 49.7 Å². The molecule has 0 radical (unpaired) electrons. The number of fused-ring (bicyclic) bond motifs is 1. The molecule has 2 aliphatic rings. The van der Waals surface area contributed by atoms with E-state index in [1.165, 1.54) is 22.9 Å². The molecule has 1 unspecified atom stereocenters. The maximum atomic E-state index is 13.6. The summed E-state index contributed by atoms with van der Waals surface area (Å²) in [6.45, 7) is 0.574. The van der Waals surface area contributed by atoms with E-state index < -0.39 is 16.1 Å². The summed E-state index contributed by atoms with van der Waals surface area (Å²) < 4.78 is 29.2. The topological polar surface area (TPSA) is 119 Å². The first kappa shape index (κ1) is 30.2. The number of thiophene rings is 1. The number of nitriles is 1. The second-order valence-corrected chi connectivity index (χ2v) is 14.5. The van der Waals surface area contributed by atoms with E-state index in [2.05, 4.69) is 10.6 Å². The SMILES string of the molecule is N#Cc1ccccc1S(=O)(=O)N1CCCC(NC(=O)[C@H](CC2CCCCC2)NC(=O)Cc2cc3ccccc3s2)CC1. The fourth-order valence-electron chi connectivity index (χ4n) is 6.19. The summed E-state index contributed by atoms with van der Waals surface area (Å²) in [5.74, 6) is 0.0438. The van der Waals surface area contributed by atoms with Crippen LogP contribution in [-0.2, 0) is 26.0 Å². The summed E-state index contributed by atoms with van der Waals surface area (Å²) in [5, 5.41) is 16.7. The van der Waals surface area contributed by atoms with Crippen LogP contribution in [0, 0.1) is 17.2 Å². The average molecular weight is 607 g/mol. The highest BCUT2D eigenvalue weighted by Crippen LogP contribution is 2.29. The molecule has 0 bridgehead atoms. The first-order valence-corrected chi connectivity index (χ1v) is 17.2. The number of carbonyl (C=O) groups excluding carboxylic acids is 2. The zero-order chi connectivity index (χ0) is 29.5. The fraction of sp³-hybridized carbons (Fsp3) is 0.469. The Morgan fingerprint density at radius 1 is 0.976 bits per heavy atom. The van der Waals surface area contributed by atoms with Crippen molar-refractivity contribution < 1.29 is 18.0 Å². The van der Waals surface area contributed by atoms with Crippen LogP contribution in [0.3, 0.4) is 0 Å². The molecule has 0 spiro atoms. The molecule has 3 aromatic rings. The lowest BCUT2D eigenvalue weighted by Crippen LogP contribution is -2.51. The summed E-state index contributed by atoms with van der Waals surface area (Å²) in [4.78, 5) is 27.8. The highest BCUT2D eigenvalue weighted by Gasteiger charge is 2.32. The Labute approximate surface area is 252 Å². The molecule has 2 aromatic carbocycles. The minimum atomic E-state index is -3.83. The van der Waals surface area contributed by atoms with E-state index in [1.807, 2.05) is 36.4 Å². The molecule has 1 saturated carbocycles. The van der Waals surface area contributed by atoms with Crippen molar-refractivity contribution in [2.75, 3.05) is 13.1 Å². The first-order valence-electron chi connectivity index (χ1n) is 14.9. The van der Waals surface area contributed by atoms with Crippen molar-refractivity contribution in [3.63, 3.8) is 0 Å². The smallest absolute Gasteiger partial charge is 0.244 e.